The Bertz CT molecular complexity index is 1520. The predicted molar refractivity (Wildman–Crippen MR) is 157 cm³/mol. The van der Waals surface area contributed by atoms with Crippen LogP contribution in [-0.2, 0) is 25.0 Å². The van der Waals surface area contributed by atoms with Gasteiger partial charge in [-0.3, -0.25) is 13.9 Å². The van der Waals surface area contributed by atoms with Gasteiger partial charge in [0.05, 0.1) is 4.86 Å². The summed E-state index contributed by atoms with van der Waals surface area (Å²) < 4.78 is 69.8. The van der Waals surface area contributed by atoms with Crippen LogP contribution in [0.4, 0.5) is 5.69 Å². The molecule has 0 bridgehead atoms. The summed E-state index contributed by atoms with van der Waals surface area (Å²) in [6.07, 6.45) is 8.62. The van der Waals surface area contributed by atoms with Crippen LogP contribution in [0.2, 0.25) is 0 Å². The Balaban J connectivity index is 0.00000533. The zero-order valence-electron chi connectivity index (χ0n) is 22.5. The summed E-state index contributed by atoms with van der Waals surface area (Å²) >= 11 is 0. The number of allylic oxidation sites excluding steroid dienone is 10. The Morgan fingerprint density at radius 3 is 1.87 bits per heavy atom. The van der Waals surface area contributed by atoms with Crippen LogP contribution in [0.15, 0.2) is 76.8 Å². The largest absolute Gasteiger partial charge is 0.744 e. The number of rotatable bonds is 8. The molecule has 0 saturated heterocycles. The van der Waals surface area contributed by atoms with E-state index in [1.807, 2.05) is 52.0 Å². The molecule has 0 heterocycles. The molecule has 2 radical (unpaired) electrons. The molecule has 2 aliphatic carbocycles. The van der Waals surface area contributed by atoms with Gasteiger partial charge in [0.25, 0.3) is 0 Å². The van der Waals surface area contributed by atoms with Crippen LogP contribution in [0.25, 0.3) is 5.57 Å². The van der Waals surface area contributed by atoms with Crippen molar-refractivity contribution in [3.8, 4) is 0 Å². The summed E-state index contributed by atoms with van der Waals surface area (Å²) in [6, 6.07) is 7.31. The van der Waals surface area contributed by atoms with Gasteiger partial charge in [-0.2, -0.15) is 0 Å². The van der Waals surface area contributed by atoms with Gasteiger partial charge in [-0.1, -0.05) is 12.1 Å². The van der Waals surface area contributed by atoms with Crippen LogP contribution in [0, 0.1) is 0 Å². The molecular formula is C27H32CaN2O7S2. The number of nitrogens with zero attached hydrogens (tertiary/aromatic N) is 2. The molecule has 0 saturated carbocycles. The van der Waals surface area contributed by atoms with Crippen molar-refractivity contribution in [3.05, 3.63) is 82.3 Å². The summed E-state index contributed by atoms with van der Waals surface area (Å²) in [7, 11) is -10.0. The molecule has 0 spiro atoms. The molecule has 2 aliphatic rings. The van der Waals surface area contributed by atoms with Gasteiger partial charge in [0.1, 0.15) is 28.1 Å². The van der Waals surface area contributed by atoms with Crippen molar-refractivity contribution in [3.63, 3.8) is 0 Å². The van der Waals surface area contributed by atoms with Crippen molar-refractivity contribution in [2.75, 3.05) is 31.1 Å². The fraction of sp³-hybridized carbons (Fsp3) is 0.296. The smallest absolute Gasteiger partial charge is 0.207 e. The second kappa shape index (κ2) is 13.7. The van der Waals surface area contributed by atoms with Crippen molar-refractivity contribution in [1.82, 2.24) is 0 Å². The average Bonchev–Trinajstić information content (AvgIpc) is 2.86. The van der Waals surface area contributed by atoms with E-state index in [0.717, 1.165) is 43.7 Å². The first-order chi connectivity index (χ1) is 17.8. The van der Waals surface area contributed by atoms with Gasteiger partial charge in [-0.05, 0) is 80.8 Å². The molecule has 9 nitrogen and oxygen atoms in total. The molecule has 2 N–H and O–H groups in total. The minimum absolute atomic E-state index is 0. The van der Waals surface area contributed by atoms with Crippen LogP contribution in [-0.4, -0.2) is 111 Å². The number of anilines is 1. The molecule has 206 valence electrons. The number of ketones is 1. The third kappa shape index (κ3) is 7.68. The molecule has 0 fully saturated rings. The zero-order valence-corrected chi connectivity index (χ0v) is 26.3. The SMILES string of the molecule is CCN(CC)c1ccc(C(C2=CC(=O)C(S(=O)(=O)[O-])=CC2=S(=O)(O)O)=C2C=CC(=[N+](CC)CC)C=C2)cc1.[Ca]. The summed E-state index contributed by atoms with van der Waals surface area (Å²) in [5.74, 6) is -1.14. The maximum atomic E-state index is 12.7. The quantitative estimate of drug-likeness (QED) is 0.201. The number of hydrogen-bond acceptors (Lipinski definition) is 6. The van der Waals surface area contributed by atoms with Gasteiger partial charge in [-0.25, -0.2) is 17.2 Å². The summed E-state index contributed by atoms with van der Waals surface area (Å²) in [6.45, 7) is 11.2. The van der Waals surface area contributed by atoms with E-state index in [1.54, 1.807) is 24.3 Å². The van der Waals surface area contributed by atoms with E-state index >= 15 is 0 Å². The van der Waals surface area contributed by atoms with E-state index in [1.165, 1.54) is 0 Å². The van der Waals surface area contributed by atoms with Gasteiger partial charge in [0, 0.05) is 74.2 Å². The van der Waals surface area contributed by atoms with Crippen molar-refractivity contribution < 1.29 is 35.7 Å². The van der Waals surface area contributed by atoms with Crippen LogP contribution in [0.1, 0.15) is 33.3 Å². The monoisotopic (exact) mass is 600 g/mol. The second-order valence-corrected chi connectivity index (χ2v) is 11.3. The Morgan fingerprint density at radius 1 is 0.897 bits per heavy atom. The average molecular weight is 601 g/mol. The van der Waals surface area contributed by atoms with E-state index in [4.69, 9.17) is 0 Å². The van der Waals surface area contributed by atoms with E-state index in [0.29, 0.717) is 22.8 Å². The normalized spacial score (nSPS) is 15.6. The van der Waals surface area contributed by atoms with Gasteiger partial charge in [0.15, 0.2) is 11.5 Å². The fourth-order valence-corrected chi connectivity index (χ4v) is 5.85. The van der Waals surface area contributed by atoms with Gasteiger partial charge in [0.2, 0.25) is 10.1 Å². The summed E-state index contributed by atoms with van der Waals surface area (Å²) in [5.41, 5.74) is 3.17. The number of hydrogen-bond donors (Lipinski definition) is 2. The molecule has 0 aromatic heterocycles. The molecule has 39 heavy (non-hydrogen) atoms. The first kappa shape index (κ1) is 33.4. The van der Waals surface area contributed by atoms with E-state index in [9.17, 15) is 31.1 Å². The third-order valence-corrected chi connectivity index (χ3v) is 8.21. The molecule has 3 rings (SSSR count). The third-order valence-electron chi connectivity index (χ3n) is 6.44. The number of benzene rings is 1. The van der Waals surface area contributed by atoms with Crippen molar-refractivity contribution in [1.29, 1.82) is 0 Å². The van der Waals surface area contributed by atoms with Crippen LogP contribution in [0.5, 0.6) is 0 Å². The molecule has 0 amide bonds. The Labute approximate surface area is 260 Å². The number of carbonyl (C=O) groups is 1. The maximum Gasteiger partial charge on any atom is 0.207 e. The number of carbonyl (C=O) groups excluding carboxylic acids is 1. The van der Waals surface area contributed by atoms with E-state index < -0.39 is 35.8 Å². The molecule has 1 aromatic carbocycles. The van der Waals surface area contributed by atoms with E-state index in [2.05, 4.69) is 9.48 Å². The minimum atomic E-state index is -5.26. The van der Waals surface area contributed by atoms with Gasteiger partial charge in [-0.15, -0.1) is 0 Å². The standard InChI is InChI=1S/C27H32N2O7S2.Ca/c1-5-28(6-2)21-13-9-19(10-14-21)27(20-11-15-22(16-12-20)29(7-3)8-4)23-17-24(30)26(38(34,35)36)18-25(23)37(31,32)33;/h9-18H,5-8H2,1-4H3,(H2-,30,31,32,33,34,35,36);. The molecular weight excluding hydrogens is 569 g/mol. The van der Waals surface area contributed by atoms with Gasteiger partial charge >= 0.3 is 0 Å². The maximum absolute atomic E-state index is 12.7. The second-order valence-electron chi connectivity index (χ2n) is 8.56. The first-order valence-corrected chi connectivity index (χ1v) is 15.1. The van der Waals surface area contributed by atoms with Gasteiger partial charge < -0.3 is 9.45 Å². The summed E-state index contributed by atoms with van der Waals surface area (Å²) in [4.78, 5) is 12.9. The molecule has 0 atom stereocenters. The Morgan fingerprint density at radius 2 is 1.44 bits per heavy atom. The van der Waals surface area contributed by atoms with Crippen LogP contribution in [0.3, 0.4) is 0 Å². The minimum Gasteiger partial charge on any atom is -0.744 e. The van der Waals surface area contributed by atoms with Crippen molar-refractivity contribution >= 4 is 85.6 Å². The topological polar surface area (TPSA) is 138 Å². The van der Waals surface area contributed by atoms with Crippen molar-refractivity contribution in [2.45, 2.75) is 27.7 Å². The zero-order chi connectivity index (χ0) is 28.3. The fourth-order valence-electron chi connectivity index (χ4n) is 4.49. The van der Waals surface area contributed by atoms with Crippen molar-refractivity contribution in [2.24, 2.45) is 0 Å². The Hall–Kier alpha value is -1.83. The summed E-state index contributed by atoms with van der Waals surface area (Å²) in [5, 5.41) is 0. The predicted octanol–water partition coefficient (Wildman–Crippen LogP) is 2.87. The molecule has 0 aliphatic heterocycles. The van der Waals surface area contributed by atoms with Crippen LogP contribution >= 0.6 is 0 Å². The molecule has 0 unspecified atom stereocenters. The molecule has 1 aromatic rings. The first-order valence-electron chi connectivity index (χ1n) is 12.2. The molecule has 12 heteroatoms. The Kier molecular flexibility index (Phi) is 11.7. The van der Waals surface area contributed by atoms with Crippen LogP contribution < -0.4 is 4.90 Å². The van der Waals surface area contributed by atoms with E-state index in [-0.39, 0.29) is 43.3 Å².